The molecule has 0 aliphatic carbocycles. The van der Waals surface area contributed by atoms with Crippen molar-refractivity contribution in [1.29, 1.82) is 0 Å². The van der Waals surface area contributed by atoms with Gasteiger partial charge in [0.15, 0.2) is 0 Å². The van der Waals surface area contributed by atoms with Gasteiger partial charge in [-0.15, -0.1) is 0 Å². The Morgan fingerprint density at radius 2 is 1.22 bits per heavy atom. The summed E-state index contributed by atoms with van der Waals surface area (Å²) >= 11 is 14.3. The minimum Gasteiger partial charge on any atom is -0.357 e. The fourth-order valence-electron chi connectivity index (χ4n) is 4.19. The first-order valence-electron chi connectivity index (χ1n) is 9.68. The summed E-state index contributed by atoms with van der Waals surface area (Å²) in [7, 11) is 0. The van der Waals surface area contributed by atoms with Crippen molar-refractivity contribution in [3.05, 3.63) is 106 Å². The molecule has 0 spiro atoms. The van der Waals surface area contributed by atoms with Gasteiger partial charge in [0.05, 0.1) is 21.9 Å². The highest BCUT2D eigenvalue weighted by Crippen LogP contribution is 2.48. The van der Waals surface area contributed by atoms with Crippen LogP contribution in [0.1, 0.15) is 36.1 Å². The first kappa shape index (κ1) is 22.8. The third-order valence-corrected chi connectivity index (χ3v) is 6.97. The highest BCUT2D eigenvalue weighted by Gasteiger charge is 2.37. The van der Waals surface area contributed by atoms with Gasteiger partial charge in [-0.25, -0.2) is 0 Å². The normalized spacial score (nSPS) is 18.0. The number of nitro groups is 2. The zero-order chi connectivity index (χ0) is 23.0. The number of nitro benzene ring substituents is 2. The van der Waals surface area contributed by atoms with Gasteiger partial charge in [-0.1, -0.05) is 35.3 Å². The first-order chi connectivity index (χ1) is 15.3. The molecule has 164 valence electrons. The zero-order valence-corrected chi connectivity index (χ0v) is 20.1. The van der Waals surface area contributed by atoms with Crippen LogP contribution in [0.15, 0.2) is 60.7 Å². The molecule has 1 aliphatic rings. The van der Waals surface area contributed by atoms with E-state index < -0.39 is 9.85 Å². The first-order valence-corrected chi connectivity index (χ1v) is 11.5. The molecule has 4 rings (SSSR count). The number of nitrogens with zero attached hydrogens (tertiary/aromatic N) is 3. The summed E-state index contributed by atoms with van der Waals surface area (Å²) < 4.78 is 1.07. The summed E-state index contributed by atoms with van der Waals surface area (Å²) in [5.41, 5.74) is 2.18. The molecule has 3 aromatic carbocycles. The van der Waals surface area contributed by atoms with Gasteiger partial charge in [0.25, 0.3) is 11.4 Å². The van der Waals surface area contributed by atoms with Crippen molar-refractivity contribution < 1.29 is 9.85 Å². The topological polar surface area (TPSA) is 89.5 Å². The number of hydrogen-bond donors (Lipinski definition) is 0. The molecule has 3 aromatic rings. The van der Waals surface area contributed by atoms with Crippen molar-refractivity contribution in [3.63, 3.8) is 0 Å². The number of rotatable bonds is 5. The van der Waals surface area contributed by atoms with Crippen molar-refractivity contribution >= 4 is 62.9 Å². The molecular weight excluding hydrogens is 568 g/mol. The average molecular weight is 584 g/mol. The Kier molecular flexibility index (Phi) is 6.55. The van der Waals surface area contributed by atoms with Gasteiger partial charge in [-0.3, -0.25) is 20.2 Å². The Balaban J connectivity index is 1.82. The van der Waals surface area contributed by atoms with Crippen molar-refractivity contribution in [2.24, 2.45) is 0 Å². The standard InChI is InChI=1S/C22H16Cl2IN3O4/c23-17-7-1-13(11-21(17)27(29)30)19-9-10-20(26(19)16-5-3-15(25)4-6-16)14-2-8-18(24)22(12-14)28(31)32/h1-8,11-12,19-20H,9-10H2. The third-order valence-electron chi connectivity index (χ3n) is 5.61. The van der Waals surface area contributed by atoms with Crippen LogP contribution in [-0.2, 0) is 0 Å². The summed E-state index contributed by atoms with van der Waals surface area (Å²) in [4.78, 5) is 24.0. The van der Waals surface area contributed by atoms with Gasteiger partial charge >= 0.3 is 0 Å². The predicted molar refractivity (Wildman–Crippen MR) is 133 cm³/mol. The zero-order valence-electron chi connectivity index (χ0n) is 16.5. The number of benzene rings is 3. The van der Waals surface area contributed by atoms with Crippen LogP contribution in [0.5, 0.6) is 0 Å². The average Bonchev–Trinajstić information content (AvgIpc) is 3.19. The lowest BCUT2D eigenvalue weighted by Gasteiger charge is -2.33. The molecule has 0 N–H and O–H groups in total. The predicted octanol–water partition coefficient (Wildman–Crippen LogP) is 7.50. The maximum Gasteiger partial charge on any atom is 0.288 e. The maximum absolute atomic E-state index is 11.4. The highest BCUT2D eigenvalue weighted by molar-refractivity contribution is 14.1. The Morgan fingerprint density at radius 3 is 1.62 bits per heavy atom. The number of hydrogen-bond acceptors (Lipinski definition) is 5. The van der Waals surface area contributed by atoms with E-state index in [0.717, 1.165) is 20.4 Å². The Bertz CT molecular complexity index is 1130. The Morgan fingerprint density at radius 1 is 0.781 bits per heavy atom. The molecule has 0 amide bonds. The number of anilines is 1. The van der Waals surface area contributed by atoms with Gasteiger partial charge in [0.2, 0.25) is 0 Å². The lowest BCUT2D eigenvalue weighted by Crippen LogP contribution is -2.26. The van der Waals surface area contributed by atoms with E-state index in [0.29, 0.717) is 12.8 Å². The van der Waals surface area contributed by atoms with E-state index in [1.165, 1.54) is 12.1 Å². The van der Waals surface area contributed by atoms with Crippen LogP contribution in [0.3, 0.4) is 0 Å². The van der Waals surface area contributed by atoms with Crippen LogP contribution in [0.4, 0.5) is 17.1 Å². The second-order valence-corrected chi connectivity index (χ2v) is 9.49. The minimum absolute atomic E-state index is 0.0856. The summed E-state index contributed by atoms with van der Waals surface area (Å²) in [6.45, 7) is 0. The van der Waals surface area contributed by atoms with Crippen molar-refractivity contribution in [2.45, 2.75) is 24.9 Å². The van der Waals surface area contributed by atoms with Gasteiger partial charge in [0.1, 0.15) is 10.0 Å². The molecule has 0 saturated carbocycles. The third kappa shape index (κ3) is 4.39. The Hall–Kier alpha value is -2.43. The summed E-state index contributed by atoms with van der Waals surface area (Å²) in [6, 6.07) is 17.3. The highest BCUT2D eigenvalue weighted by atomic mass is 127. The molecule has 1 fully saturated rings. The van der Waals surface area contributed by atoms with Crippen LogP contribution in [0, 0.1) is 23.8 Å². The van der Waals surface area contributed by atoms with E-state index in [1.54, 1.807) is 24.3 Å². The largest absolute Gasteiger partial charge is 0.357 e. The maximum atomic E-state index is 11.4. The molecule has 32 heavy (non-hydrogen) atoms. The van der Waals surface area contributed by atoms with Gasteiger partial charge in [0, 0.05) is 21.4 Å². The molecule has 1 aliphatic heterocycles. The van der Waals surface area contributed by atoms with Crippen LogP contribution >= 0.6 is 45.8 Å². The summed E-state index contributed by atoms with van der Waals surface area (Å²) in [5.74, 6) is 0. The molecule has 7 nitrogen and oxygen atoms in total. The second kappa shape index (κ2) is 9.21. The van der Waals surface area contributed by atoms with Crippen LogP contribution in [0.2, 0.25) is 10.0 Å². The molecular formula is C22H16Cl2IN3O4. The molecule has 0 bridgehead atoms. The molecule has 1 heterocycles. The molecule has 0 radical (unpaired) electrons. The van der Waals surface area contributed by atoms with Gasteiger partial charge < -0.3 is 4.90 Å². The quantitative estimate of drug-likeness (QED) is 0.176. The van der Waals surface area contributed by atoms with Crippen LogP contribution in [-0.4, -0.2) is 9.85 Å². The smallest absolute Gasteiger partial charge is 0.288 e. The Labute approximate surface area is 207 Å². The molecule has 1 saturated heterocycles. The van der Waals surface area contributed by atoms with Gasteiger partial charge in [-0.2, -0.15) is 0 Å². The van der Waals surface area contributed by atoms with Crippen LogP contribution in [0.25, 0.3) is 0 Å². The van der Waals surface area contributed by atoms with Crippen molar-refractivity contribution in [1.82, 2.24) is 0 Å². The monoisotopic (exact) mass is 583 g/mol. The number of halogens is 3. The minimum atomic E-state index is -0.490. The molecule has 10 heteroatoms. The summed E-state index contributed by atoms with van der Waals surface area (Å²) in [5, 5.41) is 23.0. The van der Waals surface area contributed by atoms with E-state index in [9.17, 15) is 20.2 Å². The fourth-order valence-corrected chi connectivity index (χ4v) is 4.93. The van der Waals surface area contributed by atoms with E-state index in [2.05, 4.69) is 27.5 Å². The van der Waals surface area contributed by atoms with Crippen LogP contribution < -0.4 is 4.90 Å². The molecule has 0 aromatic heterocycles. The van der Waals surface area contributed by atoms with Crippen molar-refractivity contribution in [3.8, 4) is 0 Å². The van der Waals surface area contributed by atoms with Crippen molar-refractivity contribution in [2.75, 3.05) is 4.90 Å². The SMILES string of the molecule is O=[N+]([O-])c1cc(C2CCC(c3ccc(Cl)c([N+](=O)[O-])c3)N2c2ccc(I)cc2)ccc1Cl. The van der Waals surface area contributed by atoms with E-state index in [-0.39, 0.29) is 33.5 Å². The van der Waals surface area contributed by atoms with E-state index >= 15 is 0 Å². The second-order valence-electron chi connectivity index (χ2n) is 7.43. The molecule has 2 atom stereocenters. The lowest BCUT2D eigenvalue weighted by atomic mass is 10.0. The van der Waals surface area contributed by atoms with Gasteiger partial charge in [-0.05, 0) is 83.0 Å². The lowest BCUT2D eigenvalue weighted by molar-refractivity contribution is -0.384. The van der Waals surface area contributed by atoms with E-state index in [1.807, 2.05) is 24.3 Å². The van der Waals surface area contributed by atoms with E-state index in [4.69, 9.17) is 23.2 Å². The summed E-state index contributed by atoms with van der Waals surface area (Å²) in [6.07, 6.45) is 1.43. The fraction of sp³-hybridized carbons (Fsp3) is 0.182. The molecule has 2 unspecified atom stereocenters.